The van der Waals surface area contributed by atoms with Crippen LogP contribution < -0.4 is 11.0 Å². The summed E-state index contributed by atoms with van der Waals surface area (Å²) in [6.45, 7) is 10.7. The van der Waals surface area contributed by atoms with Crippen molar-refractivity contribution in [2.75, 3.05) is 32.7 Å². The van der Waals surface area contributed by atoms with Crippen molar-refractivity contribution in [3.63, 3.8) is 0 Å². The maximum absolute atomic E-state index is 13.5. The topological polar surface area (TPSA) is 86.7 Å². The van der Waals surface area contributed by atoms with Gasteiger partial charge in [-0.1, -0.05) is 39.2 Å². The largest absolute Gasteiger partial charge is 0.336 e. The molecule has 0 aliphatic carbocycles. The maximum atomic E-state index is 13.5. The molecule has 0 spiro atoms. The molecule has 1 fully saturated rings. The van der Waals surface area contributed by atoms with Crippen molar-refractivity contribution in [2.45, 2.75) is 53.0 Å². The van der Waals surface area contributed by atoms with Crippen LogP contribution in [0.5, 0.6) is 0 Å². The highest BCUT2D eigenvalue weighted by Gasteiger charge is 2.25. The maximum Gasteiger partial charge on any atom is 0.267 e. The molecule has 3 aromatic rings. The van der Waals surface area contributed by atoms with E-state index in [1.165, 1.54) is 4.40 Å². The molecule has 1 saturated heterocycles. The number of piperazine rings is 1. The Balaban J connectivity index is 1.85. The molecule has 1 amide bonds. The van der Waals surface area contributed by atoms with Gasteiger partial charge in [0, 0.05) is 38.9 Å². The fourth-order valence-corrected chi connectivity index (χ4v) is 4.61. The number of aryl methyl sites for hydroxylation is 2. The summed E-state index contributed by atoms with van der Waals surface area (Å²) in [6.07, 6.45) is 5.85. The molecule has 3 aromatic heterocycles. The first-order valence-electron chi connectivity index (χ1n) is 12.1. The van der Waals surface area contributed by atoms with Crippen LogP contribution >= 0.6 is 0 Å². The van der Waals surface area contributed by atoms with Gasteiger partial charge in [-0.05, 0) is 37.6 Å². The van der Waals surface area contributed by atoms with E-state index in [4.69, 9.17) is 10.4 Å². The fraction of sp³-hybridized carbons (Fsp3) is 0.520. The van der Waals surface area contributed by atoms with E-state index in [-0.39, 0.29) is 22.5 Å². The molecule has 4 heterocycles. The molecule has 33 heavy (non-hydrogen) atoms. The van der Waals surface area contributed by atoms with Crippen molar-refractivity contribution in [2.24, 2.45) is 0 Å². The van der Waals surface area contributed by atoms with Crippen LogP contribution in [0.1, 0.15) is 55.5 Å². The minimum Gasteiger partial charge on any atom is -0.336 e. The minimum atomic E-state index is -0.203. The number of likely N-dealkylation sites (N-methyl/N-ethyl adjacent to an activating group) is 1. The molecule has 1 N–H and O–H groups in total. The lowest BCUT2D eigenvalue weighted by atomic mass is 10.1. The summed E-state index contributed by atoms with van der Waals surface area (Å²) in [5.41, 5.74) is 2.20. The van der Waals surface area contributed by atoms with Gasteiger partial charge in [-0.15, -0.1) is 0 Å². The van der Waals surface area contributed by atoms with Gasteiger partial charge in [0.25, 0.3) is 11.5 Å². The second-order valence-corrected chi connectivity index (χ2v) is 8.88. The quantitative estimate of drug-likeness (QED) is 0.443. The second-order valence-electron chi connectivity index (χ2n) is 8.88. The summed E-state index contributed by atoms with van der Waals surface area (Å²) in [7, 11) is 0. The number of pyridine rings is 2. The van der Waals surface area contributed by atoms with Crippen LogP contribution in [-0.4, -0.2) is 62.4 Å². The Labute approximate surface area is 194 Å². The number of amides is 1. The summed E-state index contributed by atoms with van der Waals surface area (Å²) >= 11 is 0. The molecule has 0 aromatic carbocycles. The molecule has 0 bridgehead atoms. The van der Waals surface area contributed by atoms with Crippen molar-refractivity contribution in [1.82, 2.24) is 23.8 Å². The number of nitrogens with zero attached hydrogens (tertiary/aromatic N) is 5. The van der Waals surface area contributed by atoms with Gasteiger partial charge in [0.05, 0.1) is 10.9 Å². The SMILES string of the molecule is CCCCCCn1c(=N)c(C(=O)N2CCN(CC)CC2)cc2c(=O)n3cccc(C)c3nc21. The lowest BCUT2D eigenvalue weighted by molar-refractivity contribution is 0.0640. The fourth-order valence-electron chi connectivity index (χ4n) is 4.61. The van der Waals surface area contributed by atoms with Crippen LogP contribution in [0, 0.1) is 12.3 Å². The molecule has 4 rings (SSSR count). The van der Waals surface area contributed by atoms with Gasteiger partial charge in [0.2, 0.25) is 0 Å². The smallest absolute Gasteiger partial charge is 0.267 e. The minimum absolute atomic E-state index is 0.145. The third-order valence-electron chi connectivity index (χ3n) is 6.71. The average molecular weight is 451 g/mol. The third kappa shape index (κ3) is 4.44. The number of unbranched alkanes of at least 4 members (excludes halogenated alkanes) is 3. The van der Waals surface area contributed by atoms with Gasteiger partial charge >= 0.3 is 0 Å². The normalized spacial score (nSPS) is 14.9. The molecule has 1 aliphatic heterocycles. The molecular formula is C25H34N6O2. The Morgan fingerprint density at radius 2 is 1.85 bits per heavy atom. The molecule has 0 unspecified atom stereocenters. The number of rotatable bonds is 7. The Hall–Kier alpha value is -3.00. The number of aromatic nitrogens is 3. The zero-order valence-corrected chi connectivity index (χ0v) is 19.9. The van der Waals surface area contributed by atoms with E-state index in [9.17, 15) is 9.59 Å². The molecule has 8 nitrogen and oxygen atoms in total. The number of nitrogens with one attached hydrogen (secondary N) is 1. The van der Waals surface area contributed by atoms with E-state index in [0.29, 0.717) is 36.3 Å². The van der Waals surface area contributed by atoms with Gasteiger partial charge < -0.3 is 14.4 Å². The van der Waals surface area contributed by atoms with Gasteiger partial charge in [0.15, 0.2) is 0 Å². The van der Waals surface area contributed by atoms with E-state index in [2.05, 4.69) is 18.7 Å². The standard InChI is InChI=1S/C25H34N6O2/c1-4-6-7-8-11-30-21(26)19(24(32)29-15-13-28(5-2)14-16-29)17-20-23(30)27-22-18(3)10-9-12-31(22)25(20)33/h9-10,12,17,26H,4-8,11,13-16H2,1-3H3. The van der Waals surface area contributed by atoms with Crippen LogP contribution in [0.2, 0.25) is 0 Å². The number of hydrogen-bond donors (Lipinski definition) is 1. The highest BCUT2D eigenvalue weighted by Crippen LogP contribution is 2.15. The molecule has 0 radical (unpaired) electrons. The summed E-state index contributed by atoms with van der Waals surface area (Å²) in [4.78, 5) is 35.8. The van der Waals surface area contributed by atoms with Crippen LogP contribution in [0.3, 0.4) is 0 Å². The van der Waals surface area contributed by atoms with E-state index in [1.807, 2.05) is 24.0 Å². The Bertz CT molecular complexity index is 1280. The summed E-state index contributed by atoms with van der Waals surface area (Å²) < 4.78 is 3.31. The first-order valence-corrected chi connectivity index (χ1v) is 12.1. The monoisotopic (exact) mass is 450 g/mol. The van der Waals surface area contributed by atoms with Crippen molar-refractivity contribution in [1.29, 1.82) is 5.41 Å². The predicted molar refractivity (Wildman–Crippen MR) is 130 cm³/mol. The van der Waals surface area contributed by atoms with E-state index in [1.54, 1.807) is 16.8 Å². The predicted octanol–water partition coefficient (Wildman–Crippen LogP) is 2.80. The molecule has 1 aliphatic rings. The Kier molecular flexibility index (Phi) is 6.93. The number of hydrogen-bond acceptors (Lipinski definition) is 5. The third-order valence-corrected chi connectivity index (χ3v) is 6.71. The molecule has 0 atom stereocenters. The number of fused-ring (bicyclic) bond motifs is 2. The van der Waals surface area contributed by atoms with E-state index >= 15 is 0 Å². The summed E-state index contributed by atoms with van der Waals surface area (Å²) in [5.74, 6) is -0.172. The Morgan fingerprint density at radius 1 is 1.09 bits per heavy atom. The number of carbonyl (C=O) groups is 1. The molecular weight excluding hydrogens is 416 g/mol. The van der Waals surface area contributed by atoms with Crippen LogP contribution in [0.15, 0.2) is 29.2 Å². The van der Waals surface area contributed by atoms with Crippen LogP contribution in [0.25, 0.3) is 16.7 Å². The molecule has 176 valence electrons. The van der Waals surface area contributed by atoms with Crippen LogP contribution in [-0.2, 0) is 6.54 Å². The van der Waals surface area contributed by atoms with Crippen molar-refractivity contribution >= 4 is 22.6 Å². The highest BCUT2D eigenvalue weighted by atomic mass is 16.2. The summed E-state index contributed by atoms with van der Waals surface area (Å²) in [5, 5.41) is 9.31. The van der Waals surface area contributed by atoms with Crippen molar-refractivity contribution in [3.05, 3.63) is 51.4 Å². The van der Waals surface area contributed by atoms with Crippen molar-refractivity contribution in [3.8, 4) is 0 Å². The van der Waals surface area contributed by atoms with Gasteiger partial charge in [0.1, 0.15) is 16.8 Å². The van der Waals surface area contributed by atoms with Gasteiger partial charge in [-0.3, -0.25) is 19.4 Å². The second kappa shape index (κ2) is 9.87. The zero-order chi connectivity index (χ0) is 23.5. The first kappa shape index (κ1) is 23.2. The first-order chi connectivity index (χ1) is 16.0. The lowest BCUT2D eigenvalue weighted by Crippen LogP contribution is -2.49. The van der Waals surface area contributed by atoms with Crippen LogP contribution in [0.4, 0.5) is 0 Å². The lowest BCUT2D eigenvalue weighted by Gasteiger charge is -2.34. The highest BCUT2D eigenvalue weighted by molar-refractivity contribution is 5.97. The average Bonchev–Trinajstić information content (AvgIpc) is 2.83. The van der Waals surface area contributed by atoms with E-state index < -0.39 is 0 Å². The number of carbonyl (C=O) groups excluding carboxylic acids is 1. The summed E-state index contributed by atoms with van der Waals surface area (Å²) in [6, 6.07) is 5.35. The van der Waals surface area contributed by atoms with E-state index in [0.717, 1.165) is 50.9 Å². The Morgan fingerprint density at radius 3 is 2.55 bits per heavy atom. The van der Waals surface area contributed by atoms with Gasteiger partial charge in [-0.2, -0.15) is 0 Å². The zero-order valence-electron chi connectivity index (χ0n) is 19.9. The van der Waals surface area contributed by atoms with Gasteiger partial charge in [-0.25, -0.2) is 4.98 Å². The molecule has 8 heteroatoms. The van der Waals surface area contributed by atoms with Crippen molar-refractivity contribution < 1.29 is 4.79 Å². The molecule has 0 saturated carbocycles.